The van der Waals surface area contributed by atoms with Gasteiger partial charge in [-0.25, -0.2) is 0 Å². The van der Waals surface area contributed by atoms with Crippen LogP contribution < -0.4 is 0 Å². The molecule has 0 aromatic rings. The third kappa shape index (κ3) is 3.76. The van der Waals surface area contributed by atoms with E-state index in [4.69, 9.17) is 5.11 Å². The Bertz CT molecular complexity index is 86.9. The van der Waals surface area contributed by atoms with Crippen molar-refractivity contribution in [2.75, 3.05) is 6.61 Å². The van der Waals surface area contributed by atoms with Crippen molar-refractivity contribution in [1.82, 2.24) is 0 Å². The summed E-state index contributed by atoms with van der Waals surface area (Å²) in [5, 5.41) is 8.53. The lowest BCUT2D eigenvalue weighted by Crippen LogP contribution is -2.10. The fourth-order valence-corrected chi connectivity index (χ4v) is 1.68. The zero-order chi connectivity index (χ0) is 7.94. The number of hydrogen-bond donors (Lipinski definition) is 1. The van der Waals surface area contributed by atoms with Gasteiger partial charge in [-0.05, 0) is 12.3 Å². The number of hydrogen-bond acceptors (Lipinski definition) is 1. The lowest BCUT2D eigenvalue weighted by atomic mass is 9.82. The van der Waals surface area contributed by atoms with Crippen molar-refractivity contribution < 1.29 is 5.11 Å². The van der Waals surface area contributed by atoms with Gasteiger partial charge in [0.05, 0.1) is 0 Å². The Morgan fingerprint density at radius 2 is 1.73 bits per heavy atom. The minimum Gasteiger partial charge on any atom is -0.396 e. The van der Waals surface area contributed by atoms with Crippen LogP contribution in [0.15, 0.2) is 0 Å². The summed E-state index contributed by atoms with van der Waals surface area (Å²) >= 11 is 0. The SMILES string of the molecule is OCCCCCCC1CCC1. The van der Waals surface area contributed by atoms with Gasteiger partial charge in [0.15, 0.2) is 0 Å². The second kappa shape index (κ2) is 5.59. The van der Waals surface area contributed by atoms with Gasteiger partial charge in [-0.15, -0.1) is 0 Å². The predicted octanol–water partition coefficient (Wildman–Crippen LogP) is 2.73. The Morgan fingerprint density at radius 3 is 2.27 bits per heavy atom. The molecule has 0 aromatic heterocycles. The monoisotopic (exact) mass is 156 g/mol. The summed E-state index contributed by atoms with van der Waals surface area (Å²) in [6.45, 7) is 0.378. The van der Waals surface area contributed by atoms with Crippen LogP contribution >= 0.6 is 0 Å². The van der Waals surface area contributed by atoms with E-state index in [0.29, 0.717) is 6.61 Å². The molecule has 0 heterocycles. The molecule has 66 valence electrons. The molecule has 1 fully saturated rings. The van der Waals surface area contributed by atoms with Gasteiger partial charge in [0.25, 0.3) is 0 Å². The third-order valence-corrected chi connectivity index (χ3v) is 2.75. The van der Waals surface area contributed by atoms with Crippen LogP contribution in [0.5, 0.6) is 0 Å². The summed E-state index contributed by atoms with van der Waals surface area (Å²) in [6.07, 6.45) is 10.8. The van der Waals surface area contributed by atoms with E-state index in [1.54, 1.807) is 0 Å². The Kier molecular flexibility index (Phi) is 4.60. The minimum atomic E-state index is 0.378. The molecule has 1 aliphatic carbocycles. The van der Waals surface area contributed by atoms with Gasteiger partial charge in [-0.1, -0.05) is 44.9 Å². The third-order valence-electron chi connectivity index (χ3n) is 2.75. The van der Waals surface area contributed by atoms with E-state index in [0.717, 1.165) is 12.3 Å². The molecule has 1 rings (SSSR count). The van der Waals surface area contributed by atoms with Crippen LogP contribution in [0.4, 0.5) is 0 Å². The van der Waals surface area contributed by atoms with Crippen LogP contribution in [0, 0.1) is 5.92 Å². The molecule has 0 bridgehead atoms. The van der Waals surface area contributed by atoms with Gasteiger partial charge < -0.3 is 5.11 Å². The number of unbranched alkanes of at least 4 members (excludes halogenated alkanes) is 3. The lowest BCUT2D eigenvalue weighted by Gasteiger charge is -2.24. The Labute approximate surface area is 69.8 Å². The Morgan fingerprint density at radius 1 is 1.00 bits per heavy atom. The van der Waals surface area contributed by atoms with E-state index < -0.39 is 0 Å². The fraction of sp³-hybridized carbons (Fsp3) is 1.00. The van der Waals surface area contributed by atoms with E-state index in [-0.39, 0.29) is 0 Å². The summed E-state index contributed by atoms with van der Waals surface area (Å²) < 4.78 is 0. The van der Waals surface area contributed by atoms with Crippen molar-refractivity contribution >= 4 is 0 Å². The van der Waals surface area contributed by atoms with Gasteiger partial charge in [-0.3, -0.25) is 0 Å². The average Bonchev–Trinajstić information content (AvgIpc) is 1.93. The van der Waals surface area contributed by atoms with Crippen LogP contribution in [0.2, 0.25) is 0 Å². The second-order valence-electron chi connectivity index (χ2n) is 3.72. The smallest absolute Gasteiger partial charge is 0.0431 e. The first kappa shape index (κ1) is 9.05. The van der Waals surface area contributed by atoms with Crippen molar-refractivity contribution in [2.24, 2.45) is 5.92 Å². The van der Waals surface area contributed by atoms with Crippen molar-refractivity contribution in [2.45, 2.75) is 51.4 Å². The van der Waals surface area contributed by atoms with E-state index >= 15 is 0 Å². The molecule has 0 amide bonds. The van der Waals surface area contributed by atoms with Crippen molar-refractivity contribution in [3.63, 3.8) is 0 Å². The molecule has 11 heavy (non-hydrogen) atoms. The van der Waals surface area contributed by atoms with Crippen LogP contribution in [0.3, 0.4) is 0 Å². The van der Waals surface area contributed by atoms with Gasteiger partial charge in [0.2, 0.25) is 0 Å². The van der Waals surface area contributed by atoms with Crippen LogP contribution in [0.1, 0.15) is 51.4 Å². The molecule has 0 saturated heterocycles. The maximum absolute atomic E-state index is 8.53. The van der Waals surface area contributed by atoms with Gasteiger partial charge in [0, 0.05) is 6.61 Å². The standard InChI is InChI=1S/C10H20O/c11-9-4-2-1-3-6-10-7-5-8-10/h10-11H,1-9H2. The summed E-state index contributed by atoms with van der Waals surface area (Å²) in [5.74, 6) is 1.07. The molecule has 0 radical (unpaired) electrons. The molecule has 1 heteroatoms. The van der Waals surface area contributed by atoms with Gasteiger partial charge in [0.1, 0.15) is 0 Å². The maximum atomic E-state index is 8.53. The molecule has 0 unspecified atom stereocenters. The van der Waals surface area contributed by atoms with Crippen LogP contribution in [-0.4, -0.2) is 11.7 Å². The zero-order valence-electron chi connectivity index (χ0n) is 7.39. The first-order valence-corrected chi connectivity index (χ1v) is 5.04. The molecular weight excluding hydrogens is 136 g/mol. The molecule has 0 aromatic carbocycles. The zero-order valence-corrected chi connectivity index (χ0v) is 7.39. The molecular formula is C10H20O. The summed E-state index contributed by atoms with van der Waals surface area (Å²) in [4.78, 5) is 0. The summed E-state index contributed by atoms with van der Waals surface area (Å²) in [7, 11) is 0. The number of aliphatic hydroxyl groups excluding tert-OH is 1. The van der Waals surface area contributed by atoms with Gasteiger partial charge in [-0.2, -0.15) is 0 Å². The van der Waals surface area contributed by atoms with Crippen LogP contribution in [-0.2, 0) is 0 Å². The highest BCUT2D eigenvalue weighted by atomic mass is 16.2. The van der Waals surface area contributed by atoms with E-state index in [9.17, 15) is 0 Å². The van der Waals surface area contributed by atoms with E-state index in [2.05, 4.69) is 0 Å². The topological polar surface area (TPSA) is 20.2 Å². The maximum Gasteiger partial charge on any atom is 0.0431 e. The molecule has 1 nitrogen and oxygen atoms in total. The van der Waals surface area contributed by atoms with Gasteiger partial charge >= 0.3 is 0 Å². The first-order chi connectivity index (χ1) is 5.43. The highest BCUT2D eigenvalue weighted by Gasteiger charge is 2.15. The fourth-order valence-electron chi connectivity index (χ4n) is 1.68. The Balaban J connectivity index is 1.73. The molecule has 1 aliphatic rings. The predicted molar refractivity (Wildman–Crippen MR) is 47.5 cm³/mol. The highest BCUT2D eigenvalue weighted by molar-refractivity contribution is 4.68. The minimum absolute atomic E-state index is 0.378. The molecule has 1 saturated carbocycles. The quantitative estimate of drug-likeness (QED) is 0.586. The number of aliphatic hydroxyl groups is 1. The lowest BCUT2D eigenvalue weighted by molar-refractivity contribution is 0.271. The van der Waals surface area contributed by atoms with E-state index in [1.807, 2.05) is 0 Å². The van der Waals surface area contributed by atoms with Crippen molar-refractivity contribution in [3.05, 3.63) is 0 Å². The largest absolute Gasteiger partial charge is 0.396 e. The number of rotatable bonds is 6. The molecule has 0 spiro atoms. The average molecular weight is 156 g/mol. The molecule has 0 atom stereocenters. The summed E-state index contributed by atoms with van der Waals surface area (Å²) in [5.41, 5.74) is 0. The van der Waals surface area contributed by atoms with Crippen molar-refractivity contribution in [3.8, 4) is 0 Å². The van der Waals surface area contributed by atoms with Crippen molar-refractivity contribution in [1.29, 1.82) is 0 Å². The first-order valence-electron chi connectivity index (χ1n) is 5.04. The van der Waals surface area contributed by atoms with Crippen LogP contribution in [0.25, 0.3) is 0 Å². The Hall–Kier alpha value is -0.0400. The highest BCUT2D eigenvalue weighted by Crippen LogP contribution is 2.30. The summed E-state index contributed by atoms with van der Waals surface area (Å²) in [6, 6.07) is 0. The van der Waals surface area contributed by atoms with E-state index in [1.165, 1.54) is 44.9 Å². The molecule has 1 N–H and O–H groups in total. The second-order valence-corrected chi connectivity index (χ2v) is 3.72. The normalized spacial score (nSPS) is 18.3. The molecule has 0 aliphatic heterocycles.